The van der Waals surface area contributed by atoms with Gasteiger partial charge in [-0.05, 0) is 43.3 Å². The summed E-state index contributed by atoms with van der Waals surface area (Å²) in [6.45, 7) is 11.9. The van der Waals surface area contributed by atoms with Gasteiger partial charge in [-0.1, -0.05) is 27.7 Å². The van der Waals surface area contributed by atoms with Crippen molar-refractivity contribution in [3.63, 3.8) is 0 Å². The number of carbonyl (C=O) groups is 2. The standard InChI is InChI=1S/C18H29N3O3/c1-5-21(6-2)12-11-19-17(22)15-7-9-16(10-8-15)20-18(23)24-13-14(3)4/h7-10,14H,5-6,11-13H2,1-4H3,(H,19,22)(H,20,23). The molecule has 0 saturated heterocycles. The van der Waals surface area contributed by atoms with Crippen molar-refractivity contribution in [2.45, 2.75) is 27.7 Å². The quantitative estimate of drug-likeness (QED) is 0.728. The number of nitrogens with zero attached hydrogens (tertiary/aromatic N) is 1. The van der Waals surface area contributed by atoms with E-state index in [1.807, 2.05) is 13.8 Å². The SMILES string of the molecule is CCN(CC)CCNC(=O)c1ccc(NC(=O)OCC(C)C)cc1. The molecule has 24 heavy (non-hydrogen) atoms. The van der Waals surface area contributed by atoms with Gasteiger partial charge in [-0.2, -0.15) is 0 Å². The molecule has 0 heterocycles. The smallest absolute Gasteiger partial charge is 0.411 e. The number of nitrogens with one attached hydrogen (secondary N) is 2. The average molecular weight is 335 g/mol. The molecule has 0 unspecified atom stereocenters. The van der Waals surface area contributed by atoms with Crippen LogP contribution in [-0.2, 0) is 4.74 Å². The molecule has 134 valence electrons. The van der Waals surface area contributed by atoms with E-state index in [1.54, 1.807) is 24.3 Å². The Morgan fingerprint density at radius 2 is 1.75 bits per heavy atom. The summed E-state index contributed by atoms with van der Waals surface area (Å²) in [6, 6.07) is 6.75. The predicted molar refractivity (Wildman–Crippen MR) is 96.4 cm³/mol. The molecule has 1 rings (SSSR count). The van der Waals surface area contributed by atoms with Gasteiger partial charge in [-0.3, -0.25) is 10.1 Å². The Bertz CT molecular complexity index is 511. The van der Waals surface area contributed by atoms with Gasteiger partial charge < -0.3 is 15.0 Å². The summed E-state index contributed by atoms with van der Waals surface area (Å²) in [5, 5.41) is 5.54. The minimum Gasteiger partial charge on any atom is -0.449 e. The summed E-state index contributed by atoms with van der Waals surface area (Å²) < 4.78 is 5.05. The van der Waals surface area contributed by atoms with E-state index in [2.05, 4.69) is 29.4 Å². The van der Waals surface area contributed by atoms with Crippen LogP contribution >= 0.6 is 0 Å². The topological polar surface area (TPSA) is 70.7 Å². The summed E-state index contributed by atoms with van der Waals surface area (Å²) >= 11 is 0. The lowest BCUT2D eigenvalue weighted by atomic mass is 10.2. The lowest BCUT2D eigenvalue weighted by Crippen LogP contribution is -2.34. The van der Waals surface area contributed by atoms with Gasteiger partial charge in [0.15, 0.2) is 0 Å². The predicted octanol–water partition coefficient (Wildman–Crippen LogP) is 2.96. The molecule has 2 amide bonds. The molecule has 0 atom stereocenters. The summed E-state index contributed by atoms with van der Waals surface area (Å²) in [5.74, 6) is 0.175. The Morgan fingerprint density at radius 1 is 1.12 bits per heavy atom. The van der Waals surface area contributed by atoms with E-state index in [-0.39, 0.29) is 11.8 Å². The van der Waals surface area contributed by atoms with Gasteiger partial charge in [0.2, 0.25) is 0 Å². The van der Waals surface area contributed by atoms with Gasteiger partial charge in [-0.25, -0.2) is 4.79 Å². The molecule has 0 aliphatic heterocycles. The summed E-state index contributed by atoms with van der Waals surface area (Å²) in [4.78, 5) is 25.9. The Labute approximate surface area is 144 Å². The number of carbonyl (C=O) groups excluding carboxylic acids is 2. The second-order valence-corrected chi connectivity index (χ2v) is 5.98. The van der Waals surface area contributed by atoms with Crippen LogP contribution in [0.15, 0.2) is 24.3 Å². The molecule has 2 N–H and O–H groups in total. The number of hydrogen-bond acceptors (Lipinski definition) is 4. The van der Waals surface area contributed by atoms with Gasteiger partial charge in [0, 0.05) is 24.3 Å². The van der Waals surface area contributed by atoms with Crippen LogP contribution in [0.2, 0.25) is 0 Å². The molecule has 0 spiro atoms. The Morgan fingerprint density at radius 3 is 2.29 bits per heavy atom. The third-order valence-electron chi connectivity index (χ3n) is 3.55. The molecule has 0 saturated carbocycles. The molecular weight excluding hydrogens is 306 g/mol. The highest BCUT2D eigenvalue weighted by Gasteiger charge is 2.08. The maximum Gasteiger partial charge on any atom is 0.411 e. The first-order valence-electron chi connectivity index (χ1n) is 8.50. The molecule has 6 nitrogen and oxygen atoms in total. The number of anilines is 1. The molecule has 0 aliphatic rings. The number of ether oxygens (including phenoxy) is 1. The van der Waals surface area contributed by atoms with Crippen LogP contribution in [0.3, 0.4) is 0 Å². The van der Waals surface area contributed by atoms with Gasteiger partial charge in [0.1, 0.15) is 0 Å². The molecule has 1 aromatic rings. The fourth-order valence-corrected chi connectivity index (χ4v) is 2.07. The second kappa shape index (κ2) is 10.6. The Kier molecular flexibility index (Phi) is 8.86. The third-order valence-corrected chi connectivity index (χ3v) is 3.55. The minimum absolute atomic E-state index is 0.115. The first-order valence-corrected chi connectivity index (χ1v) is 8.50. The highest BCUT2D eigenvalue weighted by molar-refractivity contribution is 5.95. The lowest BCUT2D eigenvalue weighted by Gasteiger charge is -2.18. The molecular formula is C18H29N3O3. The number of rotatable bonds is 9. The van der Waals surface area contributed by atoms with Crippen LogP contribution in [0.1, 0.15) is 38.1 Å². The number of likely N-dealkylation sites (N-methyl/N-ethyl adjacent to an activating group) is 1. The van der Waals surface area contributed by atoms with Crippen LogP contribution < -0.4 is 10.6 Å². The van der Waals surface area contributed by atoms with E-state index in [0.29, 0.717) is 24.4 Å². The van der Waals surface area contributed by atoms with Gasteiger partial charge in [0.25, 0.3) is 5.91 Å². The van der Waals surface area contributed by atoms with Crippen LogP contribution in [0, 0.1) is 5.92 Å². The van der Waals surface area contributed by atoms with Crippen LogP contribution in [0.4, 0.5) is 10.5 Å². The highest BCUT2D eigenvalue weighted by Crippen LogP contribution is 2.10. The summed E-state index contributed by atoms with van der Waals surface area (Å²) in [5.41, 5.74) is 1.17. The van der Waals surface area contributed by atoms with Crippen LogP contribution in [-0.4, -0.2) is 49.7 Å². The first-order chi connectivity index (χ1) is 11.5. The number of hydrogen-bond donors (Lipinski definition) is 2. The summed E-state index contributed by atoms with van der Waals surface area (Å²) in [6.07, 6.45) is -0.486. The summed E-state index contributed by atoms with van der Waals surface area (Å²) in [7, 11) is 0. The third kappa shape index (κ3) is 7.46. The van der Waals surface area contributed by atoms with Crippen molar-refractivity contribution in [3.05, 3.63) is 29.8 Å². The maximum atomic E-state index is 12.1. The zero-order valence-electron chi connectivity index (χ0n) is 15.1. The van der Waals surface area contributed by atoms with E-state index in [1.165, 1.54) is 0 Å². The Hall–Kier alpha value is -2.08. The number of benzene rings is 1. The monoisotopic (exact) mass is 335 g/mol. The lowest BCUT2D eigenvalue weighted by molar-refractivity contribution is 0.0949. The van der Waals surface area contributed by atoms with E-state index in [0.717, 1.165) is 19.6 Å². The highest BCUT2D eigenvalue weighted by atomic mass is 16.5. The van der Waals surface area contributed by atoms with Crippen molar-refractivity contribution in [3.8, 4) is 0 Å². The zero-order valence-corrected chi connectivity index (χ0v) is 15.1. The molecule has 6 heteroatoms. The van der Waals surface area contributed by atoms with Crippen molar-refractivity contribution in [1.29, 1.82) is 0 Å². The van der Waals surface area contributed by atoms with E-state index >= 15 is 0 Å². The molecule has 1 aromatic carbocycles. The molecule has 0 fully saturated rings. The maximum absolute atomic E-state index is 12.1. The van der Waals surface area contributed by atoms with Crippen molar-refractivity contribution >= 4 is 17.7 Å². The first kappa shape index (κ1) is 20.0. The Balaban J connectivity index is 2.43. The van der Waals surface area contributed by atoms with Gasteiger partial charge in [0.05, 0.1) is 6.61 Å². The zero-order chi connectivity index (χ0) is 17.9. The molecule has 0 radical (unpaired) electrons. The average Bonchev–Trinajstić information content (AvgIpc) is 2.57. The fraction of sp³-hybridized carbons (Fsp3) is 0.556. The van der Waals surface area contributed by atoms with Gasteiger partial charge in [-0.15, -0.1) is 0 Å². The largest absolute Gasteiger partial charge is 0.449 e. The van der Waals surface area contributed by atoms with Crippen molar-refractivity contribution in [1.82, 2.24) is 10.2 Å². The molecule has 0 aliphatic carbocycles. The van der Waals surface area contributed by atoms with Crippen LogP contribution in [0.5, 0.6) is 0 Å². The minimum atomic E-state index is -0.486. The van der Waals surface area contributed by atoms with E-state index in [9.17, 15) is 9.59 Å². The normalized spacial score (nSPS) is 10.8. The molecule has 0 bridgehead atoms. The van der Waals surface area contributed by atoms with E-state index in [4.69, 9.17) is 4.74 Å². The van der Waals surface area contributed by atoms with Crippen molar-refractivity contribution in [2.75, 3.05) is 38.1 Å². The van der Waals surface area contributed by atoms with Crippen LogP contribution in [0.25, 0.3) is 0 Å². The fourth-order valence-electron chi connectivity index (χ4n) is 2.07. The molecule has 0 aromatic heterocycles. The second-order valence-electron chi connectivity index (χ2n) is 5.98. The van der Waals surface area contributed by atoms with Gasteiger partial charge >= 0.3 is 6.09 Å². The number of amides is 2. The van der Waals surface area contributed by atoms with Crippen molar-refractivity contribution in [2.24, 2.45) is 5.92 Å². The van der Waals surface area contributed by atoms with Crippen molar-refractivity contribution < 1.29 is 14.3 Å². The van der Waals surface area contributed by atoms with E-state index < -0.39 is 6.09 Å².